The monoisotopic (exact) mass is 409 g/mol. The molecular formula is C22H23N3O3S. The maximum Gasteiger partial charge on any atom is 0.283 e. The average Bonchev–Trinajstić information content (AvgIpc) is 3.07. The molecule has 0 atom stereocenters. The lowest BCUT2D eigenvalue weighted by atomic mass is 10.2. The van der Waals surface area contributed by atoms with Gasteiger partial charge in [-0.25, -0.2) is 10.4 Å². The summed E-state index contributed by atoms with van der Waals surface area (Å²) in [6.45, 7) is 4.23. The van der Waals surface area contributed by atoms with Gasteiger partial charge in [0.1, 0.15) is 4.88 Å². The van der Waals surface area contributed by atoms with E-state index in [2.05, 4.69) is 27.6 Å². The molecule has 0 radical (unpaired) electrons. The minimum atomic E-state index is -0.266. The van der Waals surface area contributed by atoms with Crippen LogP contribution in [0.25, 0.3) is 0 Å². The van der Waals surface area contributed by atoms with Gasteiger partial charge in [-0.05, 0) is 43.2 Å². The third kappa shape index (κ3) is 5.65. The van der Waals surface area contributed by atoms with Gasteiger partial charge >= 0.3 is 0 Å². The van der Waals surface area contributed by atoms with E-state index in [1.807, 2.05) is 50.2 Å². The first-order chi connectivity index (χ1) is 14.1. The summed E-state index contributed by atoms with van der Waals surface area (Å²) in [4.78, 5) is 17.0. The minimum Gasteiger partial charge on any atom is -0.493 e. The molecule has 0 saturated carbocycles. The van der Waals surface area contributed by atoms with Crippen molar-refractivity contribution in [3.05, 3.63) is 75.2 Å². The van der Waals surface area contributed by atoms with E-state index >= 15 is 0 Å². The van der Waals surface area contributed by atoms with Crippen LogP contribution in [0.15, 0.2) is 53.6 Å². The van der Waals surface area contributed by atoms with Crippen molar-refractivity contribution in [3.63, 3.8) is 0 Å². The first-order valence-electron chi connectivity index (χ1n) is 9.19. The van der Waals surface area contributed by atoms with Crippen molar-refractivity contribution in [3.8, 4) is 11.5 Å². The standard InChI is InChI=1S/C22H23N3O3S/c1-15-21(29-16(2)24-15)22(26)25-23-14-18-9-10-19(20(13-18)27-3)28-12-11-17-7-5-4-6-8-17/h4-10,13-14H,11-12H2,1-3H3,(H,25,26)/b23-14+. The molecule has 0 fully saturated rings. The average molecular weight is 410 g/mol. The molecule has 0 aliphatic carbocycles. The Labute approximate surface area is 174 Å². The Morgan fingerprint density at radius 1 is 1.17 bits per heavy atom. The van der Waals surface area contributed by atoms with Crippen LogP contribution in [0, 0.1) is 13.8 Å². The van der Waals surface area contributed by atoms with E-state index in [1.165, 1.54) is 16.9 Å². The fourth-order valence-electron chi connectivity index (χ4n) is 2.77. The zero-order valence-electron chi connectivity index (χ0n) is 16.6. The summed E-state index contributed by atoms with van der Waals surface area (Å²) in [6.07, 6.45) is 2.38. The van der Waals surface area contributed by atoms with Crippen molar-refractivity contribution in [2.24, 2.45) is 5.10 Å². The second kappa shape index (κ2) is 9.84. The number of carbonyl (C=O) groups is 1. The van der Waals surface area contributed by atoms with Gasteiger partial charge in [-0.1, -0.05) is 30.3 Å². The van der Waals surface area contributed by atoms with Crippen LogP contribution in [0.5, 0.6) is 11.5 Å². The van der Waals surface area contributed by atoms with Gasteiger partial charge in [0.2, 0.25) is 0 Å². The third-order valence-corrected chi connectivity index (χ3v) is 5.24. The molecule has 2 aromatic carbocycles. The van der Waals surface area contributed by atoms with Crippen LogP contribution in [0.3, 0.4) is 0 Å². The Morgan fingerprint density at radius 2 is 1.97 bits per heavy atom. The van der Waals surface area contributed by atoms with Crippen LogP contribution >= 0.6 is 11.3 Å². The number of thiazole rings is 1. The van der Waals surface area contributed by atoms with Crippen molar-refractivity contribution in [1.29, 1.82) is 0 Å². The van der Waals surface area contributed by atoms with E-state index in [0.29, 0.717) is 28.7 Å². The molecular weight excluding hydrogens is 386 g/mol. The highest BCUT2D eigenvalue weighted by Crippen LogP contribution is 2.27. The number of hydrazone groups is 1. The molecule has 6 nitrogen and oxygen atoms in total. The largest absolute Gasteiger partial charge is 0.493 e. The number of rotatable bonds is 8. The van der Waals surface area contributed by atoms with Crippen LogP contribution in [0.4, 0.5) is 0 Å². The van der Waals surface area contributed by atoms with E-state index in [1.54, 1.807) is 13.3 Å². The number of hydrogen-bond donors (Lipinski definition) is 1. The topological polar surface area (TPSA) is 72.8 Å². The second-order valence-corrected chi connectivity index (χ2v) is 7.54. The number of methoxy groups -OCH3 is 1. The smallest absolute Gasteiger partial charge is 0.283 e. The maximum absolute atomic E-state index is 12.2. The van der Waals surface area contributed by atoms with Crippen molar-refractivity contribution in [1.82, 2.24) is 10.4 Å². The van der Waals surface area contributed by atoms with Gasteiger partial charge in [0, 0.05) is 6.42 Å². The van der Waals surface area contributed by atoms with Gasteiger partial charge in [-0.15, -0.1) is 11.3 Å². The first-order valence-corrected chi connectivity index (χ1v) is 10.0. The molecule has 0 aliphatic heterocycles. The number of amides is 1. The highest BCUT2D eigenvalue weighted by atomic mass is 32.1. The summed E-state index contributed by atoms with van der Waals surface area (Å²) >= 11 is 1.35. The quantitative estimate of drug-likeness (QED) is 0.448. The fourth-order valence-corrected chi connectivity index (χ4v) is 3.58. The number of aryl methyl sites for hydroxylation is 2. The van der Waals surface area contributed by atoms with Gasteiger partial charge in [-0.3, -0.25) is 4.79 Å². The van der Waals surface area contributed by atoms with Gasteiger partial charge in [0.15, 0.2) is 11.5 Å². The summed E-state index contributed by atoms with van der Waals surface area (Å²) < 4.78 is 11.3. The van der Waals surface area contributed by atoms with Gasteiger partial charge in [0.25, 0.3) is 5.91 Å². The third-order valence-electron chi connectivity index (χ3n) is 4.17. The summed E-state index contributed by atoms with van der Waals surface area (Å²) in [5.41, 5.74) is 5.25. The summed E-state index contributed by atoms with van der Waals surface area (Å²) in [6, 6.07) is 15.7. The lowest BCUT2D eigenvalue weighted by Gasteiger charge is -2.11. The fraction of sp³-hybridized carbons (Fsp3) is 0.227. The van der Waals surface area contributed by atoms with E-state index in [0.717, 1.165) is 17.0 Å². The van der Waals surface area contributed by atoms with Crippen molar-refractivity contribution in [2.45, 2.75) is 20.3 Å². The molecule has 0 aliphatic rings. The van der Waals surface area contributed by atoms with Gasteiger partial charge < -0.3 is 9.47 Å². The van der Waals surface area contributed by atoms with Crippen LogP contribution in [-0.4, -0.2) is 30.8 Å². The lowest BCUT2D eigenvalue weighted by Crippen LogP contribution is -2.17. The molecule has 7 heteroatoms. The number of nitrogens with zero attached hydrogens (tertiary/aromatic N) is 2. The lowest BCUT2D eigenvalue weighted by molar-refractivity contribution is 0.0958. The SMILES string of the molecule is COc1cc(/C=N/NC(=O)c2sc(C)nc2C)ccc1OCCc1ccccc1. The first kappa shape index (κ1) is 20.5. The molecule has 3 rings (SSSR count). The molecule has 29 heavy (non-hydrogen) atoms. The summed E-state index contributed by atoms with van der Waals surface area (Å²) in [5.74, 6) is 1.01. The normalized spacial score (nSPS) is 10.9. The number of aromatic nitrogens is 1. The molecule has 3 aromatic rings. The zero-order chi connectivity index (χ0) is 20.6. The Hall–Kier alpha value is -3.19. The highest BCUT2D eigenvalue weighted by Gasteiger charge is 2.12. The van der Waals surface area contributed by atoms with Crippen molar-refractivity contribution < 1.29 is 14.3 Å². The summed E-state index contributed by atoms with van der Waals surface area (Å²) in [5, 5.41) is 4.88. The van der Waals surface area contributed by atoms with Crippen LogP contribution < -0.4 is 14.9 Å². The van der Waals surface area contributed by atoms with E-state index in [4.69, 9.17) is 9.47 Å². The number of nitrogens with one attached hydrogen (secondary N) is 1. The van der Waals surface area contributed by atoms with E-state index in [9.17, 15) is 4.79 Å². The highest BCUT2D eigenvalue weighted by molar-refractivity contribution is 7.13. The van der Waals surface area contributed by atoms with Crippen molar-refractivity contribution in [2.75, 3.05) is 13.7 Å². The minimum absolute atomic E-state index is 0.266. The molecule has 1 aromatic heterocycles. The summed E-state index contributed by atoms with van der Waals surface area (Å²) in [7, 11) is 1.59. The molecule has 0 bridgehead atoms. The zero-order valence-corrected chi connectivity index (χ0v) is 17.5. The van der Waals surface area contributed by atoms with Crippen LogP contribution in [0.1, 0.15) is 31.5 Å². The molecule has 0 spiro atoms. The number of carbonyl (C=O) groups excluding carboxylic acids is 1. The number of ether oxygens (including phenoxy) is 2. The Balaban J connectivity index is 1.58. The van der Waals surface area contributed by atoms with Gasteiger partial charge in [-0.2, -0.15) is 5.10 Å². The maximum atomic E-state index is 12.2. The van der Waals surface area contributed by atoms with Gasteiger partial charge in [0.05, 0.1) is 30.6 Å². The Kier molecular flexibility index (Phi) is 6.97. The second-order valence-electron chi connectivity index (χ2n) is 6.34. The van der Waals surface area contributed by atoms with Crippen molar-refractivity contribution >= 4 is 23.5 Å². The number of hydrogen-bond acceptors (Lipinski definition) is 6. The number of benzene rings is 2. The molecule has 0 unspecified atom stereocenters. The van der Waals surface area contributed by atoms with E-state index < -0.39 is 0 Å². The van der Waals surface area contributed by atoms with Crippen LogP contribution in [0.2, 0.25) is 0 Å². The van der Waals surface area contributed by atoms with Crippen LogP contribution in [-0.2, 0) is 6.42 Å². The Bertz CT molecular complexity index is 1000. The molecule has 1 amide bonds. The Morgan fingerprint density at radius 3 is 2.66 bits per heavy atom. The molecule has 150 valence electrons. The molecule has 1 N–H and O–H groups in total. The molecule has 0 saturated heterocycles. The predicted molar refractivity (Wildman–Crippen MR) is 115 cm³/mol. The predicted octanol–water partition coefficient (Wildman–Crippen LogP) is 4.15. The molecule has 1 heterocycles. The van der Waals surface area contributed by atoms with E-state index in [-0.39, 0.29) is 5.91 Å².